The van der Waals surface area contributed by atoms with Crippen LogP contribution in [0.1, 0.15) is 39.0 Å². The highest BCUT2D eigenvalue weighted by molar-refractivity contribution is 7.87. The third-order valence-corrected chi connectivity index (χ3v) is 6.06. The molecule has 1 saturated carbocycles. The number of hydrogen-bond acceptors (Lipinski definition) is 3. The van der Waals surface area contributed by atoms with Crippen molar-refractivity contribution in [3.63, 3.8) is 0 Å². The van der Waals surface area contributed by atoms with Gasteiger partial charge < -0.3 is 5.73 Å². The van der Waals surface area contributed by atoms with Crippen LogP contribution in [0, 0.1) is 11.8 Å². The van der Waals surface area contributed by atoms with E-state index in [2.05, 4.69) is 11.6 Å². The SMILES string of the molecule is CC1CCCN(S(=O)(=O)NC2CCCC2C(N)=S)C1. The van der Waals surface area contributed by atoms with Crippen molar-refractivity contribution >= 4 is 27.4 Å². The van der Waals surface area contributed by atoms with Crippen molar-refractivity contribution in [1.29, 1.82) is 0 Å². The molecule has 1 aliphatic heterocycles. The van der Waals surface area contributed by atoms with Crippen LogP contribution in [0.3, 0.4) is 0 Å². The first-order valence-electron chi connectivity index (χ1n) is 6.97. The summed E-state index contributed by atoms with van der Waals surface area (Å²) >= 11 is 5.03. The standard InChI is InChI=1S/C12H23N3O2S2/c1-9-4-3-7-15(8-9)19(16,17)14-11-6-2-5-10(11)12(13)18/h9-11,14H,2-8H2,1H3,(H2,13,18). The third-order valence-electron chi connectivity index (χ3n) is 4.14. The highest BCUT2D eigenvalue weighted by Crippen LogP contribution is 2.27. The fourth-order valence-electron chi connectivity index (χ4n) is 3.07. The highest BCUT2D eigenvalue weighted by Gasteiger charge is 2.35. The lowest BCUT2D eigenvalue weighted by atomic mass is 10.0. The summed E-state index contributed by atoms with van der Waals surface area (Å²) in [5, 5.41) is 0. The highest BCUT2D eigenvalue weighted by atomic mass is 32.2. The predicted octanol–water partition coefficient (Wildman–Crippen LogP) is 1.01. The van der Waals surface area contributed by atoms with Crippen molar-refractivity contribution in [2.45, 2.75) is 45.1 Å². The average Bonchev–Trinajstić information content (AvgIpc) is 2.76. The molecular formula is C12H23N3O2S2. The quantitative estimate of drug-likeness (QED) is 0.760. The summed E-state index contributed by atoms with van der Waals surface area (Å²) in [5.41, 5.74) is 5.69. The van der Waals surface area contributed by atoms with Crippen LogP contribution in [0.4, 0.5) is 0 Å². The molecule has 3 atom stereocenters. The van der Waals surface area contributed by atoms with E-state index in [4.69, 9.17) is 18.0 Å². The summed E-state index contributed by atoms with van der Waals surface area (Å²) in [7, 11) is -3.40. The molecule has 2 aliphatic rings. The molecule has 0 aromatic rings. The van der Waals surface area contributed by atoms with Crippen LogP contribution >= 0.6 is 12.2 Å². The van der Waals surface area contributed by atoms with Gasteiger partial charge in [-0.2, -0.15) is 17.4 Å². The summed E-state index contributed by atoms with van der Waals surface area (Å²) in [4.78, 5) is 0.428. The monoisotopic (exact) mass is 305 g/mol. The number of hydrogen-bond donors (Lipinski definition) is 2. The van der Waals surface area contributed by atoms with Crippen molar-refractivity contribution in [3.8, 4) is 0 Å². The van der Waals surface area contributed by atoms with Crippen LogP contribution in [0.25, 0.3) is 0 Å². The van der Waals surface area contributed by atoms with Gasteiger partial charge in [0.2, 0.25) is 0 Å². The molecule has 1 aliphatic carbocycles. The first-order chi connectivity index (χ1) is 8.90. The number of piperidine rings is 1. The van der Waals surface area contributed by atoms with Gasteiger partial charge in [-0.15, -0.1) is 0 Å². The van der Waals surface area contributed by atoms with Gasteiger partial charge >= 0.3 is 0 Å². The minimum Gasteiger partial charge on any atom is -0.393 e. The van der Waals surface area contributed by atoms with E-state index >= 15 is 0 Å². The Labute approximate surface area is 121 Å². The zero-order valence-corrected chi connectivity index (χ0v) is 13.0. The van der Waals surface area contributed by atoms with Crippen LogP contribution in [0.5, 0.6) is 0 Å². The van der Waals surface area contributed by atoms with Crippen molar-refractivity contribution < 1.29 is 8.42 Å². The second-order valence-electron chi connectivity index (χ2n) is 5.77. The zero-order chi connectivity index (χ0) is 14.0. The number of nitrogens with two attached hydrogens (primary N) is 1. The van der Waals surface area contributed by atoms with Crippen molar-refractivity contribution in [2.75, 3.05) is 13.1 Å². The lowest BCUT2D eigenvalue weighted by Crippen LogP contribution is -2.50. The molecule has 1 heterocycles. The molecule has 19 heavy (non-hydrogen) atoms. The molecule has 2 rings (SSSR count). The first kappa shape index (κ1) is 15.2. The van der Waals surface area contributed by atoms with Gasteiger partial charge in [-0.25, -0.2) is 0 Å². The first-order valence-corrected chi connectivity index (χ1v) is 8.81. The fraction of sp³-hybridized carbons (Fsp3) is 0.917. The minimum atomic E-state index is -3.40. The van der Waals surface area contributed by atoms with Crippen LogP contribution in [-0.2, 0) is 10.2 Å². The summed E-state index contributed by atoms with van der Waals surface area (Å²) in [6, 6.07) is -0.125. The molecule has 0 aromatic carbocycles. The number of nitrogens with zero attached hydrogens (tertiary/aromatic N) is 1. The van der Waals surface area contributed by atoms with E-state index in [9.17, 15) is 8.42 Å². The summed E-state index contributed by atoms with van der Waals surface area (Å²) in [6.45, 7) is 3.32. The lowest BCUT2D eigenvalue weighted by molar-refractivity contribution is 0.276. The van der Waals surface area contributed by atoms with E-state index in [1.807, 2.05) is 0 Å². The van der Waals surface area contributed by atoms with Gasteiger partial charge in [0.25, 0.3) is 10.2 Å². The predicted molar refractivity (Wildman–Crippen MR) is 79.9 cm³/mol. The number of nitrogens with one attached hydrogen (secondary N) is 1. The number of rotatable bonds is 4. The van der Waals surface area contributed by atoms with Gasteiger partial charge in [0.15, 0.2) is 0 Å². The Bertz CT molecular complexity index is 438. The molecular weight excluding hydrogens is 282 g/mol. The normalized spacial score (nSPS) is 33.4. The van der Waals surface area contributed by atoms with E-state index in [1.54, 1.807) is 4.31 Å². The molecule has 5 nitrogen and oxygen atoms in total. The molecule has 0 bridgehead atoms. The molecule has 3 N–H and O–H groups in total. The Balaban J connectivity index is 2.02. The zero-order valence-electron chi connectivity index (χ0n) is 11.3. The van der Waals surface area contributed by atoms with Crippen LogP contribution < -0.4 is 10.5 Å². The van der Waals surface area contributed by atoms with E-state index in [1.165, 1.54) is 0 Å². The molecule has 0 aromatic heterocycles. The van der Waals surface area contributed by atoms with Crippen molar-refractivity contribution in [1.82, 2.24) is 9.03 Å². The van der Waals surface area contributed by atoms with E-state index in [-0.39, 0.29) is 12.0 Å². The topological polar surface area (TPSA) is 75.4 Å². The van der Waals surface area contributed by atoms with Crippen LogP contribution in [-0.4, -0.2) is 36.8 Å². The van der Waals surface area contributed by atoms with Gasteiger partial charge in [-0.1, -0.05) is 25.6 Å². The lowest BCUT2D eigenvalue weighted by Gasteiger charge is -2.32. The van der Waals surface area contributed by atoms with Crippen LogP contribution in [0.15, 0.2) is 0 Å². The second kappa shape index (κ2) is 6.03. The van der Waals surface area contributed by atoms with Gasteiger partial charge in [0, 0.05) is 25.0 Å². The fourth-order valence-corrected chi connectivity index (χ4v) is 4.99. The second-order valence-corrected chi connectivity index (χ2v) is 7.95. The average molecular weight is 305 g/mol. The molecule has 0 spiro atoms. The Morgan fingerprint density at radius 1 is 1.32 bits per heavy atom. The van der Waals surface area contributed by atoms with Gasteiger partial charge in [0.05, 0.1) is 4.99 Å². The molecule has 7 heteroatoms. The van der Waals surface area contributed by atoms with Gasteiger partial charge in [-0.05, 0) is 31.6 Å². The van der Waals surface area contributed by atoms with Gasteiger partial charge in [-0.3, -0.25) is 0 Å². The summed E-state index contributed by atoms with van der Waals surface area (Å²) < 4.78 is 29.1. The smallest absolute Gasteiger partial charge is 0.279 e. The molecule has 2 fully saturated rings. The Kier molecular flexibility index (Phi) is 4.81. The Morgan fingerprint density at radius 2 is 2.05 bits per heavy atom. The Hall–Kier alpha value is -0.240. The molecule has 1 saturated heterocycles. The Morgan fingerprint density at radius 3 is 2.68 bits per heavy atom. The number of thiocarbonyl (C=S) groups is 1. The van der Waals surface area contributed by atoms with E-state index in [0.29, 0.717) is 24.0 Å². The minimum absolute atomic E-state index is 0.00647. The van der Waals surface area contributed by atoms with Gasteiger partial charge in [0.1, 0.15) is 0 Å². The van der Waals surface area contributed by atoms with E-state index < -0.39 is 10.2 Å². The molecule has 3 unspecified atom stereocenters. The summed E-state index contributed by atoms with van der Waals surface area (Å²) in [5.74, 6) is 0.437. The van der Waals surface area contributed by atoms with Crippen molar-refractivity contribution in [3.05, 3.63) is 0 Å². The van der Waals surface area contributed by atoms with Crippen LogP contribution in [0.2, 0.25) is 0 Å². The molecule has 0 amide bonds. The third kappa shape index (κ3) is 3.65. The van der Waals surface area contributed by atoms with Crippen molar-refractivity contribution in [2.24, 2.45) is 17.6 Å². The maximum Gasteiger partial charge on any atom is 0.279 e. The maximum atomic E-state index is 12.4. The summed E-state index contributed by atoms with van der Waals surface area (Å²) in [6.07, 6.45) is 4.73. The maximum absolute atomic E-state index is 12.4. The van der Waals surface area contributed by atoms with E-state index in [0.717, 1.165) is 32.1 Å². The molecule has 0 radical (unpaired) electrons. The molecule has 110 valence electrons. The largest absolute Gasteiger partial charge is 0.393 e.